The van der Waals surface area contributed by atoms with Crippen LogP contribution in [0.4, 0.5) is 0 Å². The zero-order valence-corrected chi connectivity index (χ0v) is 13.2. The molecule has 5 heteroatoms. The average molecular weight is 311 g/mol. The fourth-order valence-electron chi connectivity index (χ4n) is 2.76. The Bertz CT molecular complexity index is 637. The zero-order valence-electron chi connectivity index (χ0n) is 13.2. The summed E-state index contributed by atoms with van der Waals surface area (Å²) < 4.78 is 5.58. The number of fused-ring (bicyclic) bond motifs is 1. The number of amidine groups is 1. The third-order valence-electron chi connectivity index (χ3n) is 3.89. The van der Waals surface area contributed by atoms with Gasteiger partial charge >= 0.3 is 0 Å². The van der Waals surface area contributed by atoms with Gasteiger partial charge in [0.1, 0.15) is 11.9 Å². The lowest BCUT2D eigenvalue weighted by atomic mass is 10.1. The van der Waals surface area contributed by atoms with Gasteiger partial charge in [0.2, 0.25) is 5.91 Å². The SMILES string of the molecule is CC1N=C2C=CC=CN2C1C(=O)NCCOCc1ccccc1. The molecule has 120 valence electrons. The topological polar surface area (TPSA) is 53.9 Å². The van der Waals surface area contributed by atoms with E-state index in [1.54, 1.807) is 0 Å². The van der Waals surface area contributed by atoms with Crippen molar-refractivity contribution in [1.82, 2.24) is 10.2 Å². The molecule has 23 heavy (non-hydrogen) atoms. The van der Waals surface area contributed by atoms with Gasteiger partial charge in [-0.1, -0.05) is 36.4 Å². The Morgan fingerprint density at radius 3 is 2.96 bits per heavy atom. The van der Waals surface area contributed by atoms with E-state index in [1.165, 1.54) is 0 Å². The number of hydrogen-bond donors (Lipinski definition) is 1. The van der Waals surface area contributed by atoms with Crippen LogP contribution in [0, 0.1) is 0 Å². The summed E-state index contributed by atoms with van der Waals surface area (Å²) in [6.07, 6.45) is 7.67. The van der Waals surface area contributed by atoms with Crippen molar-refractivity contribution in [1.29, 1.82) is 0 Å². The summed E-state index contributed by atoms with van der Waals surface area (Å²) in [5.74, 6) is 0.833. The average Bonchev–Trinajstić information content (AvgIpc) is 2.91. The Hall–Kier alpha value is -2.40. The van der Waals surface area contributed by atoms with Gasteiger partial charge in [-0.05, 0) is 24.6 Å². The molecule has 1 aromatic carbocycles. The molecular weight excluding hydrogens is 290 g/mol. The van der Waals surface area contributed by atoms with Crippen LogP contribution >= 0.6 is 0 Å². The molecule has 5 nitrogen and oxygen atoms in total. The van der Waals surface area contributed by atoms with Gasteiger partial charge in [0.15, 0.2) is 0 Å². The lowest BCUT2D eigenvalue weighted by Crippen LogP contribution is -2.48. The Balaban J connectivity index is 1.42. The molecule has 0 aromatic heterocycles. The molecule has 2 atom stereocenters. The van der Waals surface area contributed by atoms with Gasteiger partial charge in [-0.3, -0.25) is 9.79 Å². The maximum Gasteiger partial charge on any atom is 0.245 e. The number of carbonyl (C=O) groups excluding carboxylic acids is 1. The highest BCUT2D eigenvalue weighted by Gasteiger charge is 2.37. The molecule has 0 radical (unpaired) electrons. The monoisotopic (exact) mass is 311 g/mol. The molecule has 0 saturated carbocycles. The number of rotatable bonds is 6. The van der Waals surface area contributed by atoms with E-state index in [2.05, 4.69) is 10.3 Å². The summed E-state index contributed by atoms with van der Waals surface area (Å²) >= 11 is 0. The number of allylic oxidation sites excluding steroid dienone is 2. The molecule has 2 unspecified atom stereocenters. The molecule has 2 heterocycles. The highest BCUT2D eigenvalue weighted by molar-refractivity contribution is 6.01. The molecule has 2 aliphatic rings. The van der Waals surface area contributed by atoms with Crippen LogP contribution in [0.5, 0.6) is 0 Å². The van der Waals surface area contributed by atoms with E-state index < -0.39 is 0 Å². The second-order valence-electron chi connectivity index (χ2n) is 5.61. The van der Waals surface area contributed by atoms with Gasteiger partial charge in [-0.2, -0.15) is 0 Å². The molecule has 2 aliphatic heterocycles. The van der Waals surface area contributed by atoms with Crippen molar-refractivity contribution >= 4 is 11.7 Å². The number of aliphatic imine (C=N–C) groups is 1. The van der Waals surface area contributed by atoms with Gasteiger partial charge < -0.3 is 15.0 Å². The van der Waals surface area contributed by atoms with Crippen LogP contribution in [-0.2, 0) is 16.1 Å². The molecule has 1 amide bonds. The van der Waals surface area contributed by atoms with Crippen molar-refractivity contribution in [2.75, 3.05) is 13.2 Å². The molecule has 0 bridgehead atoms. The fraction of sp³-hybridized carbons (Fsp3) is 0.333. The smallest absolute Gasteiger partial charge is 0.245 e. The standard InChI is InChI=1S/C18H21N3O2/c1-14-17(21-11-6-5-9-16(21)20-14)18(22)19-10-12-23-13-15-7-3-2-4-8-15/h2-9,11,14,17H,10,12-13H2,1H3,(H,19,22). The molecule has 1 N–H and O–H groups in total. The molecule has 1 aromatic rings. The van der Waals surface area contributed by atoms with Crippen molar-refractivity contribution in [3.05, 3.63) is 60.3 Å². The molecular formula is C18H21N3O2. The van der Waals surface area contributed by atoms with Gasteiger partial charge in [-0.25, -0.2) is 0 Å². The maximum absolute atomic E-state index is 12.4. The van der Waals surface area contributed by atoms with Crippen LogP contribution in [0.1, 0.15) is 12.5 Å². The normalized spacial score (nSPS) is 22.0. The number of amides is 1. The van der Waals surface area contributed by atoms with E-state index >= 15 is 0 Å². The first-order valence-corrected chi connectivity index (χ1v) is 7.86. The van der Waals surface area contributed by atoms with Crippen molar-refractivity contribution < 1.29 is 9.53 Å². The molecule has 0 spiro atoms. The van der Waals surface area contributed by atoms with E-state index in [0.717, 1.165) is 11.4 Å². The number of ether oxygens (including phenoxy) is 1. The number of carbonyl (C=O) groups is 1. The highest BCUT2D eigenvalue weighted by atomic mass is 16.5. The Labute approximate surface area is 136 Å². The van der Waals surface area contributed by atoms with Gasteiger partial charge in [0.25, 0.3) is 0 Å². The maximum atomic E-state index is 12.4. The minimum Gasteiger partial charge on any atom is -0.375 e. The van der Waals surface area contributed by atoms with Crippen LogP contribution in [-0.4, -0.2) is 41.9 Å². The summed E-state index contributed by atoms with van der Waals surface area (Å²) in [4.78, 5) is 18.8. The number of nitrogens with one attached hydrogen (secondary N) is 1. The first-order chi connectivity index (χ1) is 11.3. The Morgan fingerprint density at radius 1 is 1.30 bits per heavy atom. The highest BCUT2D eigenvalue weighted by Crippen LogP contribution is 2.21. The first-order valence-electron chi connectivity index (χ1n) is 7.86. The summed E-state index contributed by atoms with van der Waals surface area (Å²) in [5, 5.41) is 2.94. The van der Waals surface area contributed by atoms with Gasteiger partial charge in [-0.15, -0.1) is 0 Å². The van der Waals surface area contributed by atoms with Crippen LogP contribution in [0.3, 0.4) is 0 Å². The second kappa shape index (κ2) is 7.24. The fourth-order valence-corrected chi connectivity index (χ4v) is 2.76. The minimum atomic E-state index is -0.277. The van der Waals surface area contributed by atoms with E-state index in [4.69, 9.17) is 4.74 Å². The van der Waals surface area contributed by atoms with Gasteiger partial charge in [0.05, 0.1) is 19.3 Å². The molecule has 0 fully saturated rings. The first kappa shape index (κ1) is 15.5. The van der Waals surface area contributed by atoms with E-state index in [9.17, 15) is 4.79 Å². The largest absolute Gasteiger partial charge is 0.375 e. The van der Waals surface area contributed by atoms with Crippen LogP contribution in [0.25, 0.3) is 0 Å². The predicted molar refractivity (Wildman–Crippen MR) is 89.9 cm³/mol. The number of benzene rings is 1. The van der Waals surface area contributed by atoms with Crippen molar-refractivity contribution in [3.63, 3.8) is 0 Å². The lowest BCUT2D eigenvalue weighted by Gasteiger charge is -2.25. The van der Waals surface area contributed by atoms with E-state index in [1.807, 2.05) is 66.6 Å². The van der Waals surface area contributed by atoms with Gasteiger partial charge in [0, 0.05) is 12.7 Å². The minimum absolute atomic E-state index is 0.0143. The quantitative estimate of drug-likeness (QED) is 0.816. The molecule has 0 saturated heterocycles. The number of nitrogens with zero attached hydrogens (tertiary/aromatic N) is 2. The van der Waals surface area contributed by atoms with E-state index in [0.29, 0.717) is 19.8 Å². The summed E-state index contributed by atoms with van der Waals surface area (Å²) in [6.45, 7) is 3.51. The summed E-state index contributed by atoms with van der Waals surface area (Å²) in [7, 11) is 0. The zero-order chi connectivity index (χ0) is 16.1. The summed E-state index contributed by atoms with van der Waals surface area (Å²) in [6, 6.07) is 9.66. The van der Waals surface area contributed by atoms with Crippen LogP contribution in [0.2, 0.25) is 0 Å². The number of hydrogen-bond acceptors (Lipinski definition) is 4. The predicted octanol–water partition coefficient (Wildman–Crippen LogP) is 1.87. The molecule has 0 aliphatic carbocycles. The lowest BCUT2D eigenvalue weighted by molar-refractivity contribution is -0.124. The third-order valence-corrected chi connectivity index (χ3v) is 3.89. The van der Waals surface area contributed by atoms with Crippen LogP contribution < -0.4 is 5.32 Å². The third kappa shape index (κ3) is 3.68. The van der Waals surface area contributed by atoms with Crippen molar-refractivity contribution in [2.24, 2.45) is 4.99 Å². The molecule has 3 rings (SSSR count). The Kier molecular flexibility index (Phi) is 4.88. The van der Waals surface area contributed by atoms with Crippen LogP contribution in [0.15, 0.2) is 59.8 Å². The van der Waals surface area contributed by atoms with Crippen molar-refractivity contribution in [2.45, 2.75) is 25.6 Å². The summed E-state index contributed by atoms with van der Waals surface area (Å²) in [5.41, 5.74) is 1.13. The Morgan fingerprint density at radius 2 is 2.13 bits per heavy atom. The van der Waals surface area contributed by atoms with E-state index in [-0.39, 0.29) is 18.0 Å². The van der Waals surface area contributed by atoms with Crippen molar-refractivity contribution in [3.8, 4) is 0 Å². The second-order valence-corrected chi connectivity index (χ2v) is 5.61.